The largest absolute Gasteiger partial charge is 0.491 e. The molecule has 74 valence electrons. The molecule has 0 aliphatic rings. The van der Waals surface area contributed by atoms with Crippen molar-refractivity contribution in [2.75, 3.05) is 0 Å². The fraction of sp³-hybridized carbons (Fsp3) is 0.125. The van der Waals surface area contributed by atoms with Crippen LogP contribution in [0.3, 0.4) is 0 Å². The van der Waals surface area contributed by atoms with E-state index in [9.17, 15) is 9.18 Å². The van der Waals surface area contributed by atoms with Gasteiger partial charge in [-0.25, -0.2) is 4.39 Å². The van der Waals surface area contributed by atoms with E-state index in [0.29, 0.717) is 0 Å². The van der Waals surface area contributed by atoms with E-state index >= 15 is 0 Å². The van der Waals surface area contributed by atoms with E-state index in [1.54, 1.807) is 0 Å². The Morgan fingerprint density at radius 2 is 2.14 bits per heavy atom. The molecule has 0 bridgehead atoms. The van der Waals surface area contributed by atoms with Gasteiger partial charge in [0.2, 0.25) is 0 Å². The topological polar surface area (TPSA) is 66.8 Å². The Morgan fingerprint density at radius 1 is 1.50 bits per heavy atom. The summed E-state index contributed by atoms with van der Waals surface area (Å²) in [4.78, 5) is 10.5. The fourth-order valence-corrected chi connectivity index (χ4v) is 0.949. The van der Waals surface area contributed by atoms with Crippen molar-refractivity contribution in [2.45, 2.75) is 6.92 Å². The van der Waals surface area contributed by atoms with E-state index in [1.807, 2.05) is 0 Å². The summed E-state index contributed by atoms with van der Waals surface area (Å²) in [5.74, 6) is -1.26. The summed E-state index contributed by atoms with van der Waals surface area (Å²) in [6.45, 7) is 1.19. The van der Waals surface area contributed by atoms with Gasteiger partial charge in [0.25, 0.3) is 0 Å². The summed E-state index contributed by atoms with van der Waals surface area (Å²) in [7, 11) is -1.93. The fourth-order valence-electron chi connectivity index (χ4n) is 0.949. The van der Waals surface area contributed by atoms with Gasteiger partial charge in [-0.1, -0.05) is 0 Å². The molecule has 0 aromatic heterocycles. The highest BCUT2D eigenvalue weighted by molar-refractivity contribution is 6.58. The molecule has 2 N–H and O–H groups in total. The van der Waals surface area contributed by atoms with E-state index in [2.05, 4.69) is 4.74 Å². The van der Waals surface area contributed by atoms with Crippen molar-refractivity contribution in [1.82, 2.24) is 0 Å². The lowest BCUT2D eigenvalue weighted by atomic mass is 9.80. The molecular formula is C8H8BFO4. The first-order valence-corrected chi connectivity index (χ1v) is 3.84. The molecule has 4 nitrogen and oxygen atoms in total. The zero-order valence-electron chi connectivity index (χ0n) is 7.40. The van der Waals surface area contributed by atoms with Gasteiger partial charge >= 0.3 is 13.1 Å². The minimum absolute atomic E-state index is 0.0713. The summed E-state index contributed by atoms with van der Waals surface area (Å²) in [5, 5.41) is 17.5. The van der Waals surface area contributed by atoms with Crippen LogP contribution in [0.5, 0.6) is 5.75 Å². The number of benzene rings is 1. The number of ether oxygens (including phenoxy) is 1. The first-order valence-electron chi connectivity index (χ1n) is 3.84. The van der Waals surface area contributed by atoms with Crippen LogP contribution < -0.4 is 10.2 Å². The zero-order valence-corrected chi connectivity index (χ0v) is 7.40. The maximum atomic E-state index is 12.9. The minimum atomic E-state index is -1.93. The average Bonchev–Trinajstić information content (AvgIpc) is 2.07. The zero-order chi connectivity index (χ0) is 10.7. The van der Waals surface area contributed by atoms with Crippen LogP contribution in [0.15, 0.2) is 18.2 Å². The summed E-state index contributed by atoms with van der Waals surface area (Å²) < 4.78 is 17.5. The van der Waals surface area contributed by atoms with Gasteiger partial charge in [-0.2, -0.15) is 0 Å². The van der Waals surface area contributed by atoms with Crippen molar-refractivity contribution in [1.29, 1.82) is 0 Å². The van der Waals surface area contributed by atoms with Crippen molar-refractivity contribution in [3.63, 3.8) is 0 Å². The highest BCUT2D eigenvalue weighted by Gasteiger charge is 2.17. The van der Waals surface area contributed by atoms with E-state index in [0.717, 1.165) is 12.1 Å². The van der Waals surface area contributed by atoms with Crippen LogP contribution in [0.1, 0.15) is 6.92 Å². The Labute approximate surface area is 80.1 Å². The molecule has 0 heterocycles. The lowest BCUT2D eigenvalue weighted by Crippen LogP contribution is -2.32. The molecule has 0 saturated carbocycles. The molecule has 0 radical (unpaired) electrons. The third-order valence-electron chi connectivity index (χ3n) is 1.51. The van der Waals surface area contributed by atoms with Crippen LogP contribution in [-0.4, -0.2) is 23.1 Å². The molecule has 0 unspecified atom stereocenters. The summed E-state index contributed by atoms with van der Waals surface area (Å²) >= 11 is 0. The first-order chi connectivity index (χ1) is 6.50. The smallest absolute Gasteiger partial charge is 0.427 e. The number of rotatable bonds is 2. The third-order valence-corrected chi connectivity index (χ3v) is 1.51. The second-order valence-corrected chi connectivity index (χ2v) is 2.65. The maximum Gasteiger partial charge on any atom is 0.491 e. The highest BCUT2D eigenvalue weighted by Crippen LogP contribution is 2.10. The summed E-state index contributed by atoms with van der Waals surface area (Å²) in [6, 6.07) is 3.27. The van der Waals surface area contributed by atoms with Crippen LogP contribution in [0.25, 0.3) is 0 Å². The van der Waals surface area contributed by atoms with Crippen molar-refractivity contribution >= 4 is 18.6 Å². The lowest BCUT2D eigenvalue weighted by molar-refractivity contribution is -0.131. The average molecular weight is 198 g/mol. The Balaban J connectivity index is 3.00. The maximum absolute atomic E-state index is 12.9. The molecule has 0 aliphatic carbocycles. The van der Waals surface area contributed by atoms with Crippen LogP contribution in [0, 0.1) is 5.82 Å². The third kappa shape index (κ3) is 2.55. The molecule has 0 aliphatic heterocycles. The molecule has 1 rings (SSSR count). The summed E-state index contributed by atoms with van der Waals surface area (Å²) in [5.41, 5.74) is -0.330. The van der Waals surface area contributed by atoms with Crippen molar-refractivity contribution < 1.29 is 24.0 Å². The van der Waals surface area contributed by atoms with Gasteiger partial charge in [-0.15, -0.1) is 0 Å². The Hall–Kier alpha value is -1.40. The quantitative estimate of drug-likeness (QED) is 0.379. The SMILES string of the molecule is CC(=O)Oc1ccc(F)c(B(O)O)c1. The second kappa shape index (κ2) is 4.21. The number of carbonyl (C=O) groups is 1. The second-order valence-electron chi connectivity index (χ2n) is 2.65. The molecule has 0 fully saturated rings. The Bertz CT molecular complexity index is 353. The normalized spacial score (nSPS) is 9.71. The molecule has 0 saturated heterocycles. The van der Waals surface area contributed by atoms with Crippen molar-refractivity contribution in [3.05, 3.63) is 24.0 Å². The van der Waals surface area contributed by atoms with E-state index in [4.69, 9.17) is 10.0 Å². The lowest BCUT2D eigenvalue weighted by Gasteiger charge is -2.05. The van der Waals surface area contributed by atoms with Gasteiger partial charge in [-0.3, -0.25) is 4.79 Å². The molecule has 0 spiro atoms. The number of hydrogen-bond donors (Lipinski definition) is 2. The standard InChI is InChI=1S/C8H8BFO4/c1-5(11)14-6-2-3-8(10)7(4-6)9(12)13/h2-4,12-13H,1H3. The highest BCUT2D eigenvalue weighted by atomic mass is 19.1. The number of hydrogen-bond acceptors (Lipinski definition) is 4. The van der Waals surface area contributed by atoms with E-state index < -0.39 is 18.9 Å². The number of esters is 1. The molecule has 0 atom stereocenters. The monoisotopic (exact) mass is 198 g/mol. The Kier molecular flexibility index (Phi) is 3.21. The Morgan fingerprint density at radius 3 is 2.64 bits per heavy atom. The predicted octanol–water partition coefficient (Wildman–Crippen LogP) is -0.569. The van der Waals surface area contributed by atoms with Gasteiger partial charge < -0.3 is 14.8 Å². The first kappa shape index (κ1) is 10.7. The molecular weight excluding hydrogens is 190 g/mol. The number of halogens is 1. The van der Waals surface area contributed by atoms with Crippen LogP contribution in [0.4, 0.5) is 4.39 Å². The van der Waals surface area contributed by atoms with Gasteiger partial charge in [0.05, 0.1) is 0 Å². The summed E-state index contributed by atoms with van der Waals surface area (Å²) in [6.07, 6.45) is 0. The van der Waals surface area contributed by atoms with Crippen molar-refractivity contribution in [3.8, 4) is 5.75 Å². The van der Waals surface area contributed by atoms with Gasteiger partial charge in [0.1, 0.15) is 11.6 Å². The van der Waals surface area contributed by atoms with E-state index in [-0.39, 0.29) is 11.2 Å². The van der Waals surface area contributed by atoms with Crippen LogP contribution in [-0.2, 0) is 4.79 Å². The van der Waals surface area contributed by atoms with E-state index in [1.165, 1.54) is 13.0 Å². The van der Waals surface area contributed by atoms with Gasteiger partial charge in [-0.05, 0) is 18.2 Å². The van der Waals surface area contributed by atoms with Gasteiger partial charge in [0.15, 0.2) is 0 Å². The molecule has 14 heavy (non-hydrogen) atoms. The number of carbonyl (C=O) groups excluding carboxylic acids is 1. The minimum Gasteiger partial charge on any atom is -0.427 e. The predicted molar refractivity (Wildman–Crippen MR) is 47.5 cm³/mol. The molecule has 6 heteroatoms. The van der Waals surface area contributed by atoms with Crippen molar-refractivity contribution in [2.24, 2.45) is 0 Å². The van der Waals surface area contributed by atoms with Crippen LogP contribution >= 0.6 is 0 Å². The molecule has 1 aromatic rings. The van der Waals surface area contributed by atoms with Crippen LogP contribution in [0.2, 0.25) is 0 Å². The molecule has 1 aromatic carbocycles. The molecule has 0 amide bonds. The van der Waals surface area contributed by atoms with Gasteiger partial charge in [0, 0.05) is 12.4 Å².